The molecule has 0 bridgehead atoms. The fourth-order valence-corrected chi connectivity index (χ4v) is 4.86. The van der Waals surface area contributed by atoms with Crippen LogP contribution in [0.25, 0.3) is 11.0 Å². The van der Waals surface area contributed by atoms with Crippen molar-refractivity contribution in [1.29, 1.82) is 0 Å². The van der Waals surface area contributed by atoms with Gasteiger partial charge in [-0.1, -0.05) is 29.8 Å². The molecule has 3 N–H and O–H groups in total. The molecule has 1 aliphatic rings. The SMILES string of the molecule is O=C(c1ccc(Oc2ccccc2)cc1Cl)c1c[nH]c2ncc(F)c(NC3CCC(CO)CC3)c12. The number of aliphatic hydroxyl groups excluding tert-OH is 1. The van der Waals surface area contributed by atoms with Crippen LogP contribution in [-0.4, -0.2) is 33.5 Å². The van der Waals surface area contributed by atoms with Crippen molar-refractivity contribution < 1.29 is 19.0 Å². The monoisotopic (exact) mass is 493 g/mol. The summed E-state index contributed by atoms with van der Waals surface area (Å²) in [6.45, 7) is 0.174. The van der Waals surface area contributed by atoms with Crippen molar-refractivity contribution in [3.8, 4) is 11.5 Å². The van der Waals surface area contributed by atoms with E-state index in [0.717, 1.165) is 31.9 Å². The molecule has 4 aromatic rings. The Morgan fingerprint density at radius 1 is 1.11 bits per heavy atom. The minimum atomic E-state index is -0.520. The van der Waals surface area contributed by atoms with Crippen molar-refractivity contribution in [3.05, 3.63) is 82.9 Å². The number of anilines is 1. The van der Waals surface area contributed by atoms with Gasteiger partial charge in [0.15, 0.2) is 11.6 Å². The van der Waals surface area contributed by atoms with Crippen LogP contribution in [0.1, 0.15) is 41.6 Å². The van der Waals surface area contributed by atoms with E-state index in [1.54, 1.807) is 18.2 Å². The van der Waals surface area contributed by atoms with Crippen LogP contribution in [0, 0.1) is 11.7 Å². The van der Waals surface area contributed by atoms with E-state index >= 15 is 0 Å². The Labute approximate surface area is 207 Å². The summed E-state index contributed by atoms with van der Waals surface area (Å²) in [5.41, 5.74) is 1.25. The zero-order chi connectivity index (χ0) is 24.4. The van der Waals surface area contributed by atoms with Crippen LogP contribution in [-0.2, 0) is 0 Å². The van der Waals surface area contributed by atoms with Gasteiger partial charge in [-0.3, -0.25) is 4.79 Å². The van der Waals surface area contributed by atoms with Crippen molar-refractivity contribution in [3.63, 3.8) is 0 Å². The Hall–Kier alpha value is -3.42. The molecule has 0 radical (unpaired) electrons. The maximum atomic E-state index is 14.9. The van der Waals surface area contributed by atoms with Crippen LogP contribution >= 0.6 is 11.6 Å². The highest BCUT2D eigenvalue weighted by molar-refractivity contribution is 6.35. The summed E-state index contributed by atoms with van der Waals surface area (Å²) >= 11 is 6.48. The maximum absolute atomic E-state index is 14.9. The minimum absolute atomic E-state index is 0.0498. The zero-order valence-corrected chi connectivity index (χ0v) is 19.7. The number of para-hydroxylation sites is 1. The van der Waals surface area contributed by atoms with Gasteiger partial charge in [0.25, 0.3) is 0 Å². The smallest absolute Gasteiger partial charge is 0.196 e. The lowest BCUT2D eigenvalue weighted by Gasteiger charge is -2.29. The molecule has 2 aromatic carbocycles. The largest absolute Gasteiger partial charge is 0.457 e. The number of aliphatic hydroxyl groups is 1. The van der Waals surface area contributed by atoms with Crippen LogP contribution in [0.2, 0.25) is 5.02 Å². The van der Waals surface area contributed by atoms with Gasteiger partial charge < -0.3 is 20.1 Å². The third-order valence-corrected chi connectivity index (χ3v) is 6.83. The van der Waals surface area contributed by atoms with E-state index in [2.05, 4.69) is 15.3 Å². The molecule has 8 heteroatoms. The predicted molar refractivity (Wildman–Crippen MR) is 134 cm³/mol. The highest BCUT2D eigenvalue weighted by Crippen LogP contribution is 2.35. The molecule has 35 heavy (non-hydrogen) atoms. The minimum Gasteiger partial charge on any atom is -0.457 e. The number of aromatic nitrogens is 2. The molecule has 180 valence electrons. The van der Waals surface area contributed by atoms with Crippen molar-refractivity contribution in [2.75, 3.05) is 11.9 Å². The first-order valence-electron chi connectivity index (χ1n) is 11.6. The number of carbonyl (C=O) groups excluding carboxylic acids is 1. The topological polar surface area (TPSA) is 87.2 Å². The highest BCUT2D eigenvalue weighted by atomic mass is 35.5. The quantitative estimate of drug-likeness (QED) is 0.261. The first-order chi connectivity index (χ1) is 17.0. The molecule has 0 spiro atoms. The molecule has 1 aliphatic carbocycles. The number of hydrogen-bond acceptors (Lipinski definition) is 5. The van der Waals surface area contributed by atoms with E-state index in [1.807, 2.05) is 30.3 Å². The normalized spacial score (nSPS) is 17.9. The van der Waals surface area contributed by atoms with Gasteiger partial charge in [0.1, 0.15) is 17.1 Å². The number of ether oxygens (including phenoxy) is 1. The number of aromatic amines is 1. The maximum Gasteiger partial charge on any atom is 0.196 e. The van der Waals surface area contributed by atoms with Crippen LogP contribution in [0.3, 0.4) is 0 Å². The number of rotatable bonds is 7. The standard InChI is InChI=1S/C27H25ClFN3O3/c28-22-12-19(35-18-4-2-1-3-5-18)10-11-20(22)26(34)21-13-30-27-24(21)25(23(29)14-31-27)32-17-8-6-16(15-33)7-9-17/h1-5,10-14,16-17,33H,6-9,15H2,(H2,30,31,32). The summed E-state index contributed by atoms with van der Waals surface area (Å²) in [6, 6.07) is 14.2. The molecule has 0 aliphatic heterocycles. The van der Waals surface area contributed by atoms with E-state index in [9.17, 15) is 14.3 Å². The second-order valence-corrected chi connectivity index (χ2v) is 9.24. The molecule has 0 saturated heterocycles. The number of H-pyrrole nitrogens is 1. The summed E-state index contributed by atoms with van der Waals surface area (Å²) in [4.78, 5) is 20.6. The Morgan fingerprint density at radius 3 is 2.60 bits per heavy atom. The van der Waals surface area contributed by atoms with Gasteiger partial charge in [-0.25, -0.2) is 9.37 Å². The van der Waals surface area contributed by atoms with E-state index in [1.165, 1.54) is 6.20 Å². The number of pyridine rings is 1. The zero-order valence-electron chi connectivity index (χ0n) is 18.9. The molecule has 6 nitrogen and oxygen atoms in total. The summed E-state index contributed by atoms with van der Waals surface area (Å²) in [5.74, 6) is 0.589. The van der Waals surface area contributed by atoms with Crippen molar-refractivity contribution in [1.82, 2.24) is 9.97 Å². The number of hydrogen-bond donors (Lipinski definition) is 3. The fourth-order valence-electron chi connectivity index (χ4n) is 4.60. The fraction of sp³-hybridized carbons (Fsp3) is 0.259. The molecule has 1 saturated carbocycles. The van der Waals surface area contributed by atoms with Gasteiger partial charge in [-0.05, 0) is 55.9 Å². The lowest BCUT2D eigenvalue weighted by atomic mass is 9.86. The molecule has 0 atom stereocenters. The van der Waals surface area contributed by atoms with E-state index in [4.69, 9.17) is 16.3 Å². The van der Waals surface area contributed by atoms with Gasteiger partial charge in [-0.2, -0.15) is 0 Å². The summed E-state index contributed by atoms with van der Waals surface area (Å²) < 4.78 is 20.7. The predicted octanol–water partition coefficient (Wildman–Crippen LogP) is 6.34. The van der Waals surface area contributed by atoms with Crippen LogP contribution < -0.4 is 10.1 Å². The molecule has 0 unspecified atom stereocenters. The second kappa shape index (κ2) is 10.1. The van der Waals surface area contributed by atoms with Crippen molar-refractivity contribution >= 4 is 34.1 Å². The van der Waals surface area contributed by atoms with Crippen LogP contribution in [0.15, 0.2) is 60.9 Å². The third kappa shape index (κ3) is 4.88. The number of halogens is 2. The van der Waals surface area contributed by atoms with E-state index < -0.39 is 5.82 Å². The van der Waals surface area contributed by atoms with Crippen molar-refractivity contribution in [2.45, 2.75) is 31.7 Å². The highest BCUT2D eigenvalue weighted by Gasteiger charge is 2.25. The molecule has 2 heterocycles. The lowest BCUT2D eigenvalue weighted by molar-refractivity contribution is 0.104. The first kappa shape index (κ1) is 23.3. The van der Waals surface area contributed by atoms with Gasteiger partial charge in [0.2, 0.25) is 0 Å². The lowest BCUT2D eigenvalue weighted by Crippen LogP contribution is -2.28. The number of carbonyl (C=O) groups is 1. The molecule has 1 fully saturated rings. The molecular weight excluding hydrogens is 469 g/mol. The Morgan fingerprint density at radius 2 is 1.89 bits per heavy atom. The van der Waals surface area contributed by atoms with Gasteiger partial charge in [0, 0.05) is 30.5 Å². The van der Waals surface area contributed by atoms with E-state index in [0.29, 0.717) is 22.5 Å². The number of benzene rings is 2. The molecular formula is C27H25ClFN3O3. The summed E-state index contributed by atoms with van der Waals surface area (Å²) in [6.07, 6.45) is 6.06. The van der Waals surface area contributed by atoms with Crippen LogP contribution in [0.5, 0.6) is 11.5 Å². The Kier molecular flexibility index (Phi) is 6.70. The van der Waals surface area contributed by atoms with Gasteiger partial charge >= 0.3 is 0 Å². The Balaban J connectivity index is 1.44. The van der Waals surface area contributed by atoms with E-state index in [-0.39, 0.29) is 46.2 Å². The molecule has 5 rings (SSSR count). The van der Waals surface area contributed by atoms with Gasteiger partial charge in [0.05, 0.1) is 27.9 Å². The van der Waals surface area contributed by atoms with Crippen LogP contribution in [0.4, 0.5) is 10.1 Å². The number of ketones is 1. The average molecular weight is 494 g/mol. The number of fused-ring (bicyclic) bond motifs is 1. The average Bonchev–Trinajstić information content (AvgIpc) is 3.31. The van der Waals surface area contributed by atoms with Crippen molar-refractivity contribution in [2.24, 2.45) is 5.92 Å². The Bertz CT molecular complexity index is 1350. The number of nitrogens with one attached hydrogen (secondary N) is 2. The summed E-state index contributed by atoms with van der Waals surface area (Å²) in [5, 5.41) is 13.3. The second-order valence-electron chi connectivity index (χ2n) is 8.84. The first-order valence-corrected chi connectivity index (χ1v) is 12.0. The molecule has 2 aromatic heterocycles. The summed E-state index contributed by atoms with van der Waals surface area (Å²) in [7, 11) is 0. The number of nitrogens with zero attached hydrogens (tertiary/aromatic N) is 1. The molecule has 0 amide bonds. The van der Waals surface area contributed by atoms with Gasteiger partial charge in [-0.15, -0.1) is 0 Å². The third-order valence-electron chi connectivity index (χ3n) is 6.52.